The molecule has 15 heavy (non-hydrogen) atoms. The molecular formula is C8H7F3N2O2. The minimum Gasteiger partial charge on any atom is -0.327 e. The number of nitrogens with two attached hydrogens (primary N) is 1. The van der Waals surface area contributed by atoms with Crippen LogP contribution in [-0.4, -0.2) is 11.5 Å². The SMILES string of the molecule is NCC(F)c1cc(F)c(F)cc1[N+](=O)[O-]. The van der Waals surface area contributed by atoms with Crippen molar-refractivity contribution in [3.05, 3.63) is 39.4 Å². The molecule has 7 heteroatoms. The fourth-order valence-electron chi connectivity index (χ4n) is 1.09. The lowest BCUT2D eigenvalue weighted by molar-refractivity contribution is -0.386. The molecule has 0 bridgehead atoms. The molecule has 0 aliphatic rings. The average Bonchev–Trinajstić information content (AvgIpc) is 2.20. The molecule has 1 aromatic carbocycles. The Bertz CT molecular complexity index is 398. The van der Waals surface area contributed by atoms with Crippen molar-refractivity contribution in [2.24, 2.45) is 5.73 Å². The number of halogens is 3. The zero-order chi connectivity index (χ0) is 11.6. The van der Waals surface area contributed by atoms with Crippen LogP contribution in [0.1, 0.15) is 11.7 Å². The van der Waals surface area contributed by atoms with Crippen molar-refractivity contribution in [1.29, 1.82) is 0 Å². The van der Waals surface area contributed by atoms with E-state index in [0.29, 0.717) is 12.1 Å². The molecule has 0 heterocycles. The monoisotopic (exact) mass is 220 g/mol. The van der Waals surface area contributed by atoms with E-state index in [1.54, 1.807) is 0 Å². The molecule has 0 aromatic heterocycles. The Hall–Kier alpha value is -1.63. The highest BCUT2D eigenvalue weighted by molar-refractivity contribution is 5.42. The van der Waals surface area contributed by atoms with Crippen LogP contribution in [-0.2, 0) is 0 Å². The van der Waals surface area contributed by atoms with E-state index in [0.717, 1.165) is 0 Å². The molecule has 0 amide bonds. The minimum absolute atomic E-state index is 0.340. The predicted molar refractivity (Wildman–Crippen MR) is 45.9 cm³/mol. The second-order valence-corrected chi connectivity index (χ2v) is 2.79. The van der Waals surface area contributed by atoms with Crippen molar-refractivity contribution in [3.8, 4) is 0 Å². The van der Waals surface area contributed by atoms with Crippen molar-refractivity contribution in [2.75, 3.05) is 6.54 Å². The van der Waals surface area contributed by atoms with E-state index in [2.05, 4.69) is 0 Å². The number of hydrogen-bond donors (Lipinski definition) is 1. The van der Waals surface area contributed by atoms with Gasteiger partial charge in [0.2, 0.25) is 0 Å². The van der Waals surface area contributed by atoms with Crippen LogP contribution in [0.5, 0.6) is 0 Å². The van der Waals surface area contributed by atoms with Crippen molar-refractivity contribution in [1.82, 2.24) is 0 Å². The first-order chi connectivity index (χ1) is 6.97. The summed E-state index contributed by atoms with van der Waals surface area (Å²) in [6.07, 6.45) is -1.89. The summed E-state index contributed by atoms with van der Waals surface area (Å²) in [6.45, 7) is -0.536. The summed E-state index contributed by atoms with van der Waals surface area (Å²) in [7, 11) is 0. The van der Waals surface area contributed by atoms with Gasteiger partial charge in [-0.1, -0.05) is 0 Å². The summed E-state index contributed by atoms with van der Waals surface area (Å²) in [6, 6.07) is 0.790. The number of hydrogen-bond acceptors (Lipinski definition) is 3. The zero-order valence-corrected chi connectivity index (χ0v) is 7.41. The van der Waals surface area contributed by atoms with E-state index in [1.807, 2.05) is 0 Å². The van der Waals surface area contributed by atoms with Gasteiger partial charge in [0, 0.05) is 6.54 Å². The first-order valence-electron chi connectivity index (χ1n) is 3.94. The first-order valence-corrected chi connectivity index (χ1v) is 3.94. The van der Waals surface area contributed by atoms with Crippen LogP contribution in [0.15, 0.2) is 12.1 Å². The van der Waals surface area contributed by atoms with Gasteiger partial charge in [-0.05, 0) is 6.07 Å². The summed E-state index contributed by atoms with van der Waals surface area (Å²) in [5.74, 6) is -2.73. The van der Waals surface area contributed by atoms with Crippen molar-refractivity contribution >= 4 is 5.69 Å². The molecule has 0 aliphatic heterocycles. The largest absolute Gasteiger partial charge is 0.327 e. The van der Waals surface area contributed by atoms with Gasteiger partial charge in [0.25, 0.3) is 5.69 Å². The Balaban J connectivity index is 3.34. The highest BCUT2D eigenvalue weighted by atomic mass is 19.2. The molecule has 0 fully saturated rings. The Morgan fingerprint density at radius 1 is 1.40 bits per heavy atom. The second kappa shape index (κ2) is 4.26. The zero-order valence-electron chi connectivity index (χ0n) is 7.41. The molecule has 0 saturated heterocycles. The van der Waals surface area contributed by atoms with E-state index in [1.165, 1.54) is 0 Å². The number of nitro benzene ring substituents is 1. The summed E-state index contributed by atoms with van der Waals surface area (Å²) in [5, 5.41) is 10.4. The molecule has 0 radical (unpaired) electrons. The van der Waals surface area contributed by atoms with E-state index in [4.69, 9.17) is 5.73 Å². The van der Waals surface area contributed by atoms with Crippen LogP contribution in [0.4, 0.5) is 18.9 Å². The molecule has 1 aromatic rings. The van der Waals surface area contributed by atoms with Gasteiger partial charge in [0.05, 0.1) is 16.6 Å². The summed E-state index contributed by atoms with van der Waals surface area (Å²) in [4.78, 5) is 9.43. The lowest BCUT2D eigenvalue weighted by Gasteiger charge is -2.06. The summed E-state index contributed by atoms with van der Waals surface area (Å²) < 4.78 is 38.4. The standard InChI is InChI=1S/C8H7F3N2O2/c9-5-1-4(7(11)3-12)8(13(14)15)2-6(5)10/h1-2,7H,3,12H2. The van der Waals surface area contributed by atoms with Crippen LogP contribution in [0.2, 0.25) is 0 Å². The maximum atomic E-state index is 13.1. The lowest BCUT2D eigenvalue weighted by atomic mass is 10.1. The molecule has 0 aliphatic carbocycles. The third-order valence-electron chi connectivity index (χ3n) is 1.81. The Morgan fingerprint density at radius 3 is 2.40 bits per heavy atom. The maximum absolute atomic E-state index is 13.1. The van der Waals surface area contributed by atoms with Crippen LogP contribution < -0.4 is 5.73 Å². The van der Waals surface area contributed by atoms with Crippen LogP contribution in [0.25, 0.3) is 0 Å². The van der Waals surface area contributed by atoms with Crippen molar-refractivity contribution < 1.29 is 18.1 Å². The minimum atomic E-state index is -1.89. The third-order valence-corrected chi connectivity index (χ3v) is 1.81. The summed E-state index contributed by atoms with van der Waals surface area (Å²) in [5.41, 5.74) is 3.58. The number of alkyl halides is 1. The van der Waals surface area contributed by atoms with Gasteiger partial charge in [-0.15, -0.1) is 0 Å². The Labute approximate surface area is 82.7 Å². The number of rotatable bonds is 3. The van der Waals surface area contributed by atoms with Gasteiger partial charge in [0.1, 0.15) is 6.17 Å². The normalized spacial score (nSPS) is 12.5. The highest BCUT2D eigenvalue weighted by Crippen LogP contribution is 2.29. The number of nitro groups is 1. The Morgan fingerprint density at radius 2 is 1.93 bits per heavy atom. The van der Waals surface area contributed by atoms with Gasteiger partial charge >= 0.3 is 0 Å². The van der Waals surface area contributed by atoms with Crippen LogP contribution in [0, 0.1) is 21.7 Å². The van der Waals surface area contributed by atoms with Crippen LogP contribution >= 0.6 is 0 Å². The first kappa shape index (κ1) is 11.4. The molecular weight excluding hydrogens is 213 g/mol. The molecule has 2 N–H and O–H groups in total. The van der Waals surface area contributed by atoms with Crippen molar-refractivity contribution in [2.45, 2.75) is 6.17 Å². The molecule has 1 unspecified atom stereocenters. The van der Waals surface area contributed by atoms with E-state index >= 15 is 0 Å². The van der Waals surface area contributed by atoms with E-state index in [9.17, 15) is 23.3 Å². The maximum Gasteiger partial charge on any atom is 0.278 e. The molecule has 1 rings (SSSR count). The fourth-order valence-corrected chi connectivity index (χ4v) is 1.09. The van der Waals surface area contributed by atoms with Crippen molar-refractivity contribution in [3.63, 3.8) is 0 Å². The Kier molecular flexibility index (Phi) is 3.25. The summed E-state index contributed by atoms with van der Waals surface area (Å²) >= 11 is 0. The third kappa shape index (κ3) is 2.24. The quantitative estimate of drug-likeness (QED) is 0.624. The van der Waals surface area contributed by atoms with Crippen LogP contribution in [0.3, 0.4) is 0 Å². The van der Waals surface area contributed by atoms with E-state index in [-0.39, 0.29) is 0 Å². The molecule has 0 saturated carbocycles. The highest BCUT2D eigenvalue weighted by Gasteiger charge is 2.24. The average molecular weight is 220 g/mol. The molecule has 82 valence electrons. The molecule has 1 atom stereocenters. The number of nitrogens with zero attached hydrogens (tertiary/aromatic N) is 1. The smallest absolute Gasteiger partial charge is 0.278 e. The van der Waals surface area contributed by atoms with E-state index < -0.39 is 40.5 Å². The van der Waals surface area contributed by atoms with Gasteiger partial charge in [-0.2, -0.15) is 0 Å². The molecule has 4 nitrogen and oxygen atoms in total. The predicted octanol–water partition coefficient (Wildman–Crippen LogP) is 1.84. The lowest BCUT2D eigenvalue weighted by Crippen LogP contribution is -2.10. The van der Waals surface area contributed by atoms with Gasteiger partial charge in [-0.3, -0.25) is 10.1 Å². The molecule has 0 spiro atoms. The fraction of sp³-hybridized carbons (Fsp3) is 0.250. The van der Waals surface area contributed by atoms with Gasteiger partial charge in [0.15, 0.2) is 11.6 Å². The van der Waals surface area contributed by atoms with Gasteiger partial charge < -0.3 is 5.73 Å². The van der Waals surface area contributed by atoms with Gasteiger partial charge in [-0.25, -0.2) is 13.2 Å². The second-order valence-electron chi connectivity index (χ2n) is 2.79. The number of benzene rings is 1. The topological polar surface area (TPSA) is 69.2 Å².